The number of halogens is 1. The third-order valence-corrected chi connectivity index (χ3v) is 9.18. The maximum atomic E-state index is 15.0. The molecule has 0 bridgehead atoms. The summed E-state index contributed by atoms with van der Waals surface area (Å²) >= 11 is 6.19. The van der Waals surface area contributed by atoms with E-state index in [2.05, 4.69) is 5.32 Å². The summed E-state index contributed by atoms with van der Waals surface area (Å²) in [7, 11) is 0.626. The molecule has 0 radical (unpaired) electrons. The maximum absolute atomic E-state index is 15.0. The van der Waals surface area contributed by atoms with Crippen molar-refractivity contribution in [2.45, 2.75) is 44.0 Å². The van der Waals surface area contributed by atoms with Gasteiger partial charge in [-0.25, -0.2) is 0 Å². The Balaban J connectivity index is 1.80. The molecule has 1 N–H and O–H groups in total. The summed E-state index contributed by atoms with van der Waals surface area (Å²) in [6.45, 7) is 0. The second-order valence-electron chi connectivity index (χ2n) is 8.84. The van der Waals surface area contributed by atoms with Crippen LogP contribution in [0.1, 0.15) is 43.5 Å². The van der Waals surface area contributed by atoms with Gasteiger partial charge in [0.25, 0.3) is 7.37 Å². The lowest BCUT2D eigenvalue weighted by Gasteiger charge is -2.34. The fraction of sp³-hybridized carbons (Fsp3) is 0.333. The normalized spacial score (nSPS) is 17.2. The molecule has 0 spiro atoms. The highest BCUT2D eigenvalue weighted by Crippen LogP contribution is 2.60. The average molecular weight is 483 g/mol. The molecule has 1 aliphatic rings. The molecule has 0 unspecified atom stereocenters. The lowest BCUT2D eigenvalue weighted by atomic mass is 9.98. The Morgan fingerprint density at radius 2 is 1.55 bits per heavy atom. The first-order valence-corrected chi connectivity index (χ1v) is 13.7. The van der Waals surface area contributed by atoms with Gasteiger partial charge in [-0.2, -0.15) is 0 Å². The Labute approximate surface area is 202 Å². The molecule has 33 heavy (non-hydrogen) atoms. The van der Waals surface area contributed by atoms with Crippen molar-refractivity contribution in [1.82, 2.24) is 0 Å². The Hall–Kier alpha value is -2.26. The summed E-state index contributed by atoms with van der Waals surface area (Å²) in [5.74, 6) is -0.538. The number of rotatable bonds is 8. The van der Waals surface area contributed by atoms with E-state index < -0.39 is 13.2 Å². The number of hydrogen-bond donors (Lipinski definition) is 1. The Morgan fingerprint density at radius 1 is 0.909 bits per heavy atom. The van der Waals surface area contributed by atoms with Crippen LogP contribution in [0, 0.1) is 0 Å². The molecule has 4 rings (SSSR count). The predicted octanol–water partition coefficient (Wildman–Crippen LogP) is 7.47. The molecule has 0 aliphatic heterocycles. The van der Waals surface area contributed by atoms with Gasteiger partial charge >= 0.3 is 0 Å². The molecule has 0 heterocycles. The van der Waals surface area contributed by atoms with Crippen molar-refractivity contribution in [3.63, 3.8) is 0 Å². The fourth-order valence-corrected chi connectivity index (χ4v) is 7.09. The molecule has 0 aromatic heterocycles. The quantitative estimate of drug-likeness (QED) is 0.338. The summed E-state index contributed by atoms with van der Waals surface area (Å²) in [5, 5.41) is 4.91. The van der Waals surface area contributed by atoms with Crippen LogP contribution in [0.5, 0.6) is 0 Å². The second-order valence-corrected chi connectivity index (χ2v) is 11.7. The van der Waals surface area contributed by atoms with E-state index in [0.717, 1.165) is 47.9 Å². The second kappa shape index (κ2) is 10.8. The largest absolute Gasteiger partial charge is 0.378 e. The van der Waals surface area contributed by atoms with Crippen LogP contribution in [0.15, 0.2) is 78.9 Å². The Kier molecular flexibility index (Phi) is 7.80. The monoisotopic (exact) mass is 482 g/mol. The summed E-state index contributed by atoms with van der Waals surface area (Å²) in [6, 6.07) is 25.4. The van der Waals surface area contributed by atoms with Gasteiger partial charge in [0.1, 0.15) is 5.78 Å². The maximum Gasteiger partial charge on any atom is 0.258 e. The van der Waals surface area contributed by atoms with E-state index in [1.807, 2.05) is 97.9 Å². The van der Waals surface area contributed by atoms with Crippen molar-refractivity contribution < 1.29 is 9.09 Å². The molecule has 0 saturated heterocycles. The molecule has 3 aromatic carbocycles. The number of nitrogens with one attached hydrogen (secondary N) is 1. The number of anilines is 2. The van der Waals surface area contributed by atoms with Crippen LogP contribution in [-0.2, 0) is 9.09 Å². The van der Waals surface area contributed by atoms with Crippen molar-refractivity contribution in [2.75, 3.05) is 24.3 Å². The molecule has 2 atom stereocenters. The fourth-order valence-electron chi connectivity index (χ4n) is 4.32. The molecule has 1 aliphatic carbocycles. The van der Waals surface area contributed by atoms with Gasteiger partial charge in [0, 0.05) is 35.8 Å². The summed E-state index contributed by atoms with van der Waals surface area (Å²) in [6.07, 6.45) is 5.32. The zero-order valence-electron chi connectivity index (χ0n) is 19.3. The van der Waals surface area contributed by atoms with Gasteiger partial charge in [-0.1, -0.05) is 61.2 Å². The predicted molar refractivity (Wildman–Crippen MR) is 140 cm³/mol. The standard InChI is InChI=1S/C27H32ClN2O2P/c1-30(2)24-17-19-26(20-18-24)33(31,32-25-11-7-4-8-12-25)27(21-13-15-22(28)16-14-21)29-23-9-5-3-6-10-23/h3,5-6,9-10,13-20,25,27,29H,4,7-8,11-12H2,1-2H3/t27-,33-/m0/s1. The molecule has 174 valence electrons. The van der Waals surface area contributed by atoms with Crippen LogP contribution in [0.2, 0.25) is 5.02 Å². The van der Waals surface area contributed by atoms with E-state index in [1.54, 1.807) is 0 Å². The summed E-state index contributed by atoms with van der Waals surface area (Å²) in [4.78, 5) is 2.04. The molecule has 0 amide bonds. The van der Waals surface area contributed by atoms with E-state index in [-0.39, 0.29) is 6.10 Å². The minimum Gasteiger partial charge on any atom is -0.378 e. The van der Waals surface area contributed by atoms with Crippen LogP contribution in [-0.4, -0.2) is 20.2 Å². The smallest absolute Gasteiger partial charge is 0.258 e. The highest BCUT2D eigenvalue weighted by atomic mass is 35.5. The van der Waals surface area contributed by atoms with Gasteiger partial charge in [0.15, 0.2) is 0 Å². The number of para-hydroxylation sites is 1. The van der Waals surface area contributed by atoms with Crippen LogP contribution < -0.4 is 15.5 Å². The molecule has 1 saturated carbocycles. The minimum atomic E-state index is -3.38. The average Bonchev–Trinajstić information content (AvgIpc) is 2.84. The van der Waals surface area contributed by atoms with Crippen molar-refractivity contribution in [1.29, 1.82) is 0 Å². The molecular weight excluding hydrogens is 451 g/mol. The Bertz CT molecular complexity index is 1070. The third kappa shape index (κ3) is 5.81. The first kappa shape index (κ1) is 23.9. The van der Waals surface area contributed by atoms with Crippen molar-refractivity contribution in [3.05, 3.63) is 89.4 Å². The van der Waals surface area contributed by atoms with Crippen molar-refractivity contribution >= 4 is 35.6 Å². The lowest BCUT2D eigenvalue weighted by Crippen LogP contribution is -2.25. The molecule has 1 fully saturated rings. The molecular formula is C27H32ClN2O2P. The summed E-state index contributed by atoms with van der Waals surface area (Å²) < 4.78 is 21.7. The SMILES string of the molecule is CN(C)c1ccc([P@](=O)(OC2CCCCC2)[C@H](Nc2ccccc2)c2ccc(Cl)cc2)cc1. The Morgan fingerprint density at radius 3 is 2.15 bits per heavy atom. The topological polar surface area (TPSA) is 41.6 Å². The highest BCUT2D eigenvalue weighted by molar-refractivity contribution is 7.67. The molecule has 3 aromatic rings. The van der Waals surface area contributed by atoms with Crippen LogP contribution in [0.3, 0.4) is 0 Å². The number of benzene rings is 3. The van der Waals surface area contributed by atoms with Gasteiger partial charge in [0.05, 0.1) is 6.10 Å². The van der Waals surface area contributed by atoms with E-state index in [1.165, 1.54) is 6.42 Å². The van der Waals surface area contributed by atoms with E-state index >= 15 is 4.57 Å². The zero-order chi connectivity index (χ0) is 23.3. The van der Waals surface area contributed by atoms with Gasteiger partial charge in [-0.3, -0.25) is 4.57 Å². The van der Waals surface area contributed by atoms with Crippen LogP contribution in [0.4, 0.5) is 11.4 Å². The minimum absolute atomic E-state index is 0.00881. The van der Waals surface area contributed by atoms with Crippen molar-refractivity contribution in [2.24, 2.45) is 0 Å². The molecule has 6 heteroatoms. The lowest BCUT2D eigenvalue weighted by molar-refractivity contribution is 0.159. The van der Waals surface area contributed by atoms with Gasteiger partial charge < -0.3 is 14.7 Å². The third-order valence-electron chi connectivity index (χ3n) is 6.19. The molecule has 4 nitrogen and oxygen atoms in total. The zero-order valence-corrected chi connectivity index (χ0v) is 20.9. The van der Waals surface area contributed by atoms with E-state index in [4.69, 9.17) is 16.1 Å². The summed E-state index contributed by atoms with van der Waals surface area (Å²) in [5.41, 5.74) is 2.84. The highest BCUT2D eigenvalue weighted by Gasteiger charge is 2.40. The van der Waals surface area contributed by atoms with E-state index in [0.29, 0.717) is 5.02 Å². The number of hydrogen-bond acceptors (Lipinski definition) is 4. The van der Waals surface area contributed by atoms with Crippen LogP contribution >= 0.6 is 19.0 Å². The van der Waals surface area contributed by atoms with Gasteiger partial charge in [0.2, 0.25) is 0 Å². The number of nitrogens with zero attached hydrogens (tertiary/aromatic N) is 1. The first-order chi connectivity index (χ1) is 16.0. The van der Waals surface area contributed by atoms with E-state index in [9.17, 15) is 0 Å². The van der Waals surface area contributed by atoms with Crippen molar-refractivity contribution in [3.8, 4) is 0 Å². The van der Waals surface area contributed by atoms with Gasteiger partial charge in [-0.15, -0.1) is 0 Å². The van der Waals surface area contributed by atoms with Crippen LogP contribution in [0.25, 0.3) is 0 Å². The first-order valence-electron chi connectivity index (χ1n) is 11.6. The van der Waals surface area contributed by atoms with Gasteiger partial charge in [-0.05, 0) is 66.9 Å².